The Labute approximate surface area is 110 Å². The van der Waals surface area contributed by atoms with Crippen molar-refractivity contribution in [3.05, 3.63) is 0 Å². The molecule has 2 fully saturated rings. The van der Waals surface area contributed by atoms with E-state index in [0.29, 0.717) is 19.3 Å². The normalized spacial score (nSPS) is 30.0. The van der Waals surface area contributed by atoms with Crippen molar-refractivity contribution in [2.75, 3.05) is 13.1 Å². The van der Waals surface area contributed by atoms with Gasteiger partial charge in [0, 0.05) is 13.1 Å². The van der Waals surface area contributed by atoms with Crippen LogP contribution in [0.15, 0.2) is 0 Å². The van der Waals surface area contributed by atoms with Gasteiger partial charge in [-0.25, -0.2) is 5.14 Å². The van der Waals surface area contributed by atoms with Crippen LogP contribution in [0.1, 0.15) is 19.3 Å². The van der Waals surface area contributed by atoms with Crippen LogP contribution in [0.25, 0.3) is 0 Å². The SMILES string of the molecule is N=C(NO)[C@@]1(C(N)=O)CC12CCN(S(N)(=O)=O)CC2. The number of nitrogens with one attached hydrogen (secondary N) is 2. The number of amidine groups is 1. The summed E-state index contributed by atoms with van der Waals surface area (Å²) < 4.78 is 23.6. The highest BCUT2D eigenvalue weighted by Gasteiger charge is 2.73. The van der Waals surface area contributed by atoms with E-state index in [2.05, 4.69) is 0 Å². The summed E-state index contributed by atoms with van der Waals surface area (Å²) in [6.07, 6.45) is 1.12. The summed E-state index contributed by atoms with van der Waals surface area (Å²) in [5, 5.41) is 21.5. The number of piperidine rings is 1. The van der Waals surface area contributed by atoms with Gasteiger partial charge in [0.15, 0.2) is 0 Å². The number of hydrogen-bond acceptors (Lipinski definition) is 5. The van der Waals surface area contributed by atoms with Crippen LogP contribution in [-0.4, -0.2) is 42.8 Å². The zero-order valence-electron chi connectivity index (χ0n) is 10.2. The molecule has 1 aliphatic carbocycles. The molecule has 1 aliphatic heterocycles. The van der Waals surface area contributed by atoms with E-state index in [0.717, 1.165) is 4.31 Å². The first-order valence-electron chi connectivity index (χ1n) is 5.76. The number of carbonyl (C=O) groups is 1. The third-order valence-electron chi connectivity index (χ3n) is 4.38. The zero-order chi connectivity index (χ0) is 14.5. The summed E-state index contributed by atoms with van der Waals surface area (Å²) in [7, 11) is -3.73. The minimum Gasteiger partial charge on any atom is -0.369 e. The first-order valence-corrected chi connectivity index (χ1v) is 7.27. The van der Waals surface area contributed by atoms with Gasteiger partial charge in [0.2, 0.25) is 5.91 Å². The van der Waals surface area contributed by atoms with E-state index in [-0.39, 0.29) is 18.9 Å². The minimum atomic E-state index is -3.73. The Hall–Kier alpha value is -1.23. The average molecular weight is 291 g/mol. The number of nitrogens with zero attached hydrogens (tertiary/aromatic N) is 1. The highest BCUT2D eigenvalue weighted by Crippen LogP contribution is 2.69. The van der Waals surface area contributed by atoms with E-state index < -0.39 is 26.9 Å². The Kier molecular flexibility index (Phi) is 3.08. The standard InChI is InChI=1S/C9H17N5O4S/c10-6(13-16)9(7(11)15)5-8(9)1-3-14(4-2-8)19(12,17)18/h16H,1-5H2,(H2,10,13)(H2,11,15)(H2,12,17,18)/t9-/m1/s1. The fourth-order valence-electron chi connectivity index (χ4n) is 3.16. The molecule has 0 radical (unpaired) electrons. The van der Waals surface area contributed by atoms with Gasteiger partial charge in [0.05, 0.1) is 0 Å². The molecule has 1 amide bonds. The lowest BCUT2D eigenvalue weighted by Gasteiger charge is -2.33. The maximum Gasteiger partial charge on any atom is 0.276 e. The molecule has 9 nitrogen and oxygen atoms in total. The maximum absolute atomic E-state index is 11.6. The fourth-order valence-corrected chi connectivity index (χ4v) is 3.85. The highest BCUT2D eigenvalue weighted by molar-refractivity contribution is 7.86. The predicted octanol–water partition coefficient (Wildman–Crippen LogP) is -1.90. The number of nitrogens with two attached hydrogens (primary N) is 2. The molecule has 0 unspecified atom stereocenters. The molecular weight excluding hydrogens is 274 g/mol. The van der Waals surface area contributed by atoms with Crippen LogP contribution < -0.4 is 16.4 Å². The average Bonchev–Trinajstić information content (AvgIpc) is 2.97. The molecule has 1 heterocycles. The molecule has 2 rings (SSSR count). The van der Waals surface area contributed by atoms with E-state index in [1.165, 1.54) is 0 Å². The molecule has 1 saturated carbocycles. The summed E-state index contributed by atoms with van der Waals surface area (Å²) >= 11 is 0. The van der Waals surface area contributed by atoms with Crippen molar-refractivity contribution < 1.29 is 18.4 Å². The van der Waals surface area contributed by atoms with Crippen LogP contribution in [0, 0.1) is 16.2 Å². The Morgan fingerprint density at radius 2 is 1.89 bits per heavy atom. The molecule has 0 bridgehead atoms. The summed E-state index contributed by atoms with van der Waals surface area (Å²) in [6, 6.07) is 0. The van der Waals surface area contributed by atoms with Gasteiger partial charge in [0.1, 0.15) is 11.3 Å². The number of rotatable bonds is 3. The molecule has 0 aromatic heterocycles. The van der Waals surface area contributed by atoms with E-state index in [1.54, 1.807) is 5.48 Å². The third kappa shape index (κ3) is 1.91. The molecule has 0 aromatic carbocycles. The molecule has 2 aliphatic rings. The quantitative estimate of drug-likeness (QED) is 0.233. The van der Waals surface area contributed by atoms with Gasteiger partial charge < -0.3 is 5.73 Å². The third-order valence-corrected chi connectivity index (χ3v) is 5.47. The number of primary amides is 1. The van der Waals surface area contributed by atoms with Crippen molar-refractivity contribution in [2.24, 2.45) is 21.7 Å². The summed E-state index contributed by atoms with van der Waals surface area (Å²) in [5.41, 5.74) is 5.27. The number of hydroxylamine groups is 1. The van der Waals surface area contributed by atoms with E-state index in [9.17, 15) is 13.2 Å². The van der Waals surface area contributed by atoms with Crippen LogP contribution in [0.4, 0.5) is 0 Å². The van der Waals surface area contributed by atoms with E-state index in [4.69, 9.17) is 21.5 Å². The van der Waals surface area contributed by atoms with Crippen molar-refractivity contribution >= 4 is 22.0 Å². The smallest absolute Gasteiger partial charge is 0.276 e. The lowest BCUT2D eigenvalue weighted by Crippen LogP contribution is -2.48. The van der Waals surface area contributed by atoms with Gasteiger partial charge in [-0.1, -0.05) is 0 Å². The largest absolute Gasteiger partial charge is 0.369 e. The Bertz CT molecular complexity index is 525. The van der Waals surface area contributed by atoms with Crippen molar-refractivity contribution in [3.8, 4) is 0 Å². The molecule has 0 aromatic rings. The second-order valence-corrected chi connectivity index (χ2v) is 6.70. The molecule has 1 saturated heterocycles. The maximum atomic E-state index is 11.6. The van der Waals surface area contributed by atoms with Crippen molar-refractivity contribution in [3.63, 3.8) is 0 Å². The van der Waals surface area contributed by atoms with Crippen LogP contribution in [0.5, 0.6) is 0 Å². The molecular formula is C9H17N5O4S. The Balaban J connectivity index is 2.18. The van der Waals surface area contributed by atoms with Crippen LogP contribution in [-0.2, 0) is 15.0 Å². The number of hydrogen-bond donors (Lipinski definition) is 5. The first-order chi connectivity index (χ1) is 8.69. The molecule has 1 atom stereocenters. The minimum absolute atomic E-state index is 0.187. The fraction of sp³-hybridized carbons (Fsp3) is 0.778. The Morgan fingerprint density at radius 1 is 1.37 bits per heavy atom. The van der Waals surface area contributed by atoms with Crippen LogP contribution >= 0.6 is 0 Å². The summed E-state index contributed by atoms with van der Waals surface area (Å²) in [6.45, 7) is 0.374. The van der Waals surface area contributed by atoms with Crippen LogP contribution in [0.2, 0.25) is 0 Å². The van der Waals surface area contributed by atoms with E-state index in [1.807, 2.05) is 0 Å². The lowest BCUT2D eigenvalue weighted by atomic mass is 9.83. The van der Waals surface area contributed by atoms with Crippen molar-refractivity contribution in [1.29, 1.82) is 5.41 Å². The number of carbonyl (C=O) groups excluding carboxylic acids is 1. The predicted molar refractivity (Wildman–Crippen MR) is 65.2 cm³/mol. The number of amides is 1. The topological polar surface area (TPSA) is 163 Å². The second kappa shape index (κ2) is 4.13. The molecule has 7 N–H and O–H groups in total. The van der Waals surface area contributed by atoms with Crippen LogP contribution in [0.3, 0.4) is 0 Å². The van der Waals surface area contributed by atoms with Crippen molar-refractivity contribution in [1.82, 2.24) is 9.79 Å². The van der Waals surface area contributed by atoms with Gasteiger partial charge in [-0.05, 0) is 24.7 Å². The monoisotopic (exact) mass is 291 g/mol. The summed E-state index contributed by atoms with van der Waals surface area (Å²) in [5.74, 6) is -1.01. The lowest BCUT2D eigenvalue weighted by molar-refractivity contribution is -0.122. The van der Waals surface area contributed by atoms with Gasteiger partial charge in [-0.3, -0.25) is 20.9 Å². The van der Waals surface area contributed by atoms with Gasteiger partial charge >= 0.3 is 0 Å². The molecule has 1 spiro atoms. The van der Waals surface area contributed by atoms with E-state index >= 15 is 0 Å². The molecule has 19 heavy (non-hydrogen) atoms. The van der Waals surface area contributed by atoms with Crippen molar-refractivity contribution in [2.45, 2.75) is 19.3 Å². The first kappa shape index (κ1) is 14.2. The van der Waals surface area contributed by atoms with Gasteiger partial charge in [-0.2, -0.15) is 12.7 Å². The van der Waals surface area contributed by atoms with Gasteiger partial charge in [0.25, 0.3) is 10.2 Å². The molecule has 108 valence electrons. The Morgan fingerprint density at radius 3 is 2.26 bits per heavy atom. The summed E-state index contributed by atoms with van der Waals surface area (Å²) in [4.78, 5) is 11.6. The molecule has 10 heteroatoms. The zero-order valence-corrected chi connectivity index (χ0v) is 11.0. The van der Waals surface area contributed by atoms with Gasteiger partial charge in [-0.15, -0.1) is 0 Å². The second-order valence-electron chi connectivity index (χ2n) is 5.16. The highest BCUT2D eigenvalue weighted by atomic mass is 32.2.